The van der Waals surface area contributed by atoms with Gasteiger partial charge in [-0.15, -0.1) is 10.2 Å². The second-order valence-corrected chi connectivity index (χ2v) is 5.80. The summed E-state index contributed by atoms with van der Waals surface area (Å²) in [5.41, 5.74) is 0.179. The maximum Gasteiger partial charge on any atom is 0.325 e. The van der Waals surface area contributed by atoms with Gasteiger partial charge in [0.25, 0.3) is 11.8 Å². The number of ether oxygens (including phenoxy) is 1. The number of hydrogen-bond acceptors (Lipinski definition) is 7. The van der Waals surface area contributed by atoms with Gasteiger partial charge in [-0.3, -0.25) is 14.4 Å². The molecule has 1 aromatic carbocycles. The Morgan fingerprint density at radius 2 is 1.92 bits per heavy atom. The summed E-state index contributed by atoms with van der Waals surface area (Å²) in [6.07, 6.45) is 0. The molecule has 0 unspecified atom stereocenters. The van der Waals surface area contributed by atoms with Gasteiger partial charge >= 0.3 is 5.97 Å². The number of nitrogens with zero attached hydrogens (tertiary/aromatic N) is 2. The summed E-state index contributed by atoms with van der Waals surface area (Å²) in [4.78, 5) is 35.1. The average molecular weight is 401 g/mol. The minimum Gasteiger partial charge on any atom is -0.454 e. The molecule has 2 N–H and O–H groups in total. The van der Waals surface area contributed by atoms with Gasteiger partial charge in [0.15, 0.2) is 6.61 Å². The zero-order chi connectivity index (χ0) is 19.1. The molecule has 0 bridgehead atoms. The normalized spacial score (nSPS) is 10.3. The third-order valence-corrected chi connectivity index (χ3v) is 3.49. The maximum absolute atomic E-state index is 11.9. The molecule has 0 radical (unpaired) electrons. The molecular weight excluding hydrogens is 387 g/mol. The van der Waals surface area contributed by atoms with Gasteiger partial charge in [-0.1, -0.05) is 23.2 Å². The smallest absolute Gasteiger partial charge is 0.325 e. The Labute approximate surface area is 158 Å². The Morgan fingerprint density at radius 3 is 2.58 bits per heavy atom. The van der Waals surface area contributed by atoms with Crippen LogP contribution in [0.3, 0.4) is 0 Å². The molecule has 138 valence electrons. The number of aromatic nitrogens is 2. The van der Waals surface area contributed by atoms with E-state index in [1.807, 2.05) is 0 Å². The second kappa shape index (κ2) is 9.16. The summed E-state index contributed by atoms with van der Waals surface area (Å²) >= 11 is 11.7. The fourth-order valence-corrected chi connectivity index (χ4v) is 2.25. The maximum atomic E-state index is 11.9. The minimum atomic E-state index is -0.693. The predicted octanol–water partition coefficient (Wildman–Crippen LogP) is 1.27. The first-order chi connectivity index (χ1) is 12.3. The summed E-state index contributed by atoms with van der Waals surface area (Å²) in [5.74, 6) is -1.32. The highest BCUT2D eigenvalue weighted by atomic mass is 35.5. The lowest BCUT2D eigenvalue weighted by Crippen LogP contribution is -2.39. The number of rotatable bonds is 7. The van der Waals surface area contributed by atoms with Crippen LogP contribution in [0.25, 0.3) is 0 Å². The van der Waals surface area contributed by atoms with Crippen molar-refractivity contribution in [3.8, 4) is 0 Å². The van der Waals surface area contributed by atoms with Crippen LogP contribution < -0.4 is 10.6 Å². The molecule has 0 saturated heterocycles. The molecule has 0 aliphatic heterocycles. The van der Waals surface area contributed by atoms with Crippen LogP contribution in [0.4, 0.5) is 0 Å². The molecule has 2 rings (SSSR count). The van der Waals surface area contributed by atoms with Crippen molar-refractivity contribution in [2.24, 2.45) is 0 Å². The summed E-state index contributed by atoms with van der Waals surface area (Å²) in [7, 11) is 0. The lowest BCUT2D eigenvalue weighted by molar-refractivity contribution is -0.145. The van der Waals surface area contributed by atoms with Crippen LogP contribution >= 0.6 is 23.2 Å². The first-order valence-corrected chi connectivity index (χ1v) is 8.05. The van der Waals surface area contributed by atoms with E-state index in [1.165, 1.54) is 18.2 Å². The van der Waals surface area contributed by atoms with Crippen LogP contribution in [0.2, 0.25) is 10.0 Å². The van der Waals surface area contributed by atoms with Crippen LogP contribution in [-0.4, -0.2) is 41.1 Å². The monoisotopic (exact) mass is 400 g/mol. The minimum absolute atomic E-state index is 0.147. The fourth-order valence-electron chi connectivity index (χ4n) is 1.75. The third kappa shape index (κ3) is 6.01. The number of carbonyl (C=O) groups excluding carboxylic acids is 3. The highest BCUT2D eigenvalue weighted by Gasteiger charge is 2.13. The molecule has 0 atom stereocenters. The quantitative estimate of drug-likeness (QED) is 0.670. The molecule has 1 heterocycles. The van der Waals surface area contributed by atoms with Gasteiger partial charge in [0.1, 0.15) is 6.54 Å². The summed E-state index contributed by atoms with van der Waals surface area (Å²) in [6, 6.07) is 4.36. The molecule has 0 aliphatic carbocycles. The van der Waals surface area contributed by atoms with E-state index in [0.29, 0.717) is 10.9 Å². The molecule has 2 amide bonds. The van der Waals surface area contributed by atoms with Gasteiger partial charge in [-0.25, -0.2) is 0 Å². The van der Waals surface area contributed by atoms with E-state index >= 15 is 0 Å². The van der Waals surface area contributed by atoms with E-state index in [1.54, 1.807) is 6.92 Å². The summed E-state index contributed by atoms with van der Waals surface area (Å²) in [6.45, 7) is 0.697. The van der Waals surface area contributed by atoms with Crippen LogP contribution in [0, 0.1) is 6.92 Å². The molecule has 0 saturated carbocycles. The lowest BCUT2D eigenvalue weighted by Gasteiger charge is -2.08. The molecule has 0 fully saturated rings. The van der Waals surface area contributed by atoms with E-state index in [-0.39, 0.29) is 36.2 Å². The molecule has 1 aromatic heterocycles. The number of esters is 1. The van der Waals surface area contributed by atoms with Crippen molar-refractivity contribution >= 4 is 41.0 Å². The van der Waals surface area contributed by atoms with Crippen molar-refractivity contribution in [2.75, 3.05) is 13.1 Å². The summed E-state index contributed by atoms with van der Waals surface area (Å²) < 4.78 is 9.88. The number of aryl methyl sites for hydroxylation is 1. The van der Waals surface area contributed by atoms with E-state index < -0.39 is 17.8 Å². The topological polar surface area (TPSA) is 123 Å². The summed E-state index contributed by atoms with van der Waals surface area (Å²) in [5, 5.41) is 12.5. The number of benzene rings is 1. The standard InChI is InChI=1S/C15H14Cl2N4O5/c1-8-20-21-13(26-8)7-25-14(23)6-18-12(22)5-19-15(24)10-3-2-9(16)4-11(10)17/h2-4H,5-7H2,1H3,(H,18,22)(H,19,24). The molecule has 0 aliphatic rings. The number of carbonyl (C=O) groups is 3. The van der Waals surface area contributed by atoms with Crippen LogP contribution in [0.5, 0.6) is 0 Å². The van der Waals surface area contributed by atoms with Crippen molar-refractivity contribution in [1.29, 1.82) is 0 Å². The molecular formula is C15H14Cl2N4O5. The van der Waals surface area contributed by atoms with Crippen LogP contribution in [0.15, 0.2) is 22.6 Å². The van der Waals surface area contributed by atoms with Gasteiger partial charge in [0.05, 0.1) is 17.1 Å². The van der Waals surface area contributed by atoms with Crippen molar-refractivity contribution < 1.29 is 23.5 Å². The largest absolute Gasteiger partial charge is 0.454 e. The number of nitrogens with one attached hydrogen (secondary N) is 2. The van der Waals surface area contributed by atoms with Crippen LogP contribution in [-0.2, 0) is 20.9 Å². The fraction of sp³-hybridized carbons (Fsp3) is 0.267. The SMILES string of the molecule is Cc1nnc(COC(=O)CNC(=O)CNC(=O)c2ccc(Cl)cc2Cl)o1. The Bertz CT molecular complexity index is 824. The zero-order valence-electron chi connectivity index (χ0n) is 13.5. The Hall–Kier alpha value is -2.65. The van der Waals surface area contributed by atoms with Gasteiger partial charge in [0, 0.05) is 11.9 Å². The van der Waals surface area contributed by atoms with Gasteiger partial charge in [-0.05, 0) is 18.2 Å². The van der Waals surface area contributed by atoms with Crippen molar-refractivity contribution in [3.63, 3.8) is 0 Å². The van der Waals surface area contributed by atoms with E-state index in [9.17, 15) is 14.4 Å². The van der Waals surface area contributed by atoms with Gasteiger partial charge in [0.2, 0.25) is 11.8 Å². The lowest BCUT2D eigenvalue weighted by atomic mass is 10.2. The predicted molar refractivity (Wildman–Crippen MR) is 90.6 cm³/mol. The molecule has 11 heteroatoms. The van der Waals surface area contributed by atoms with E-state index in [4.69, 9.17) is 32.4 Å². The highest BCUT2D eigenvalue weighted by Crippen LogP contribution is 2.20. The van der Waals surface area contributed by atoms with Crippen molar-refractivity contribution in [1.82, 2.24) is 20.8 Å². The Balaban J connectivity index is 1.69. The third-order valence-electron chi connectivity index (χ3n) is 2.94. The molecule has 26 heavy (non-hydrogen) atoms. The van der Waals surface area contributed by atoms with Gasteiger partial charge in [-0.2, -0.15) is 0 Å². The van der Waals surface area contributed by atoms with Crippen molar-refractivity contribution in [2.45, 2.75) is 13.5 Å². The second-order valence-electron chi connectivity index (χ2n) is 4.96. The Morgan fingerprint density at radius 1 is 1.15 bits per heavy atom. The molecule has 9 nitrogen and oxygen atoms in total. The number of hydrogen-bond donors (Lipinski definition) is 2. The highest BCUT2D eigenvalue weighted by molar-refractivity contribution is 6.36. The number of amides is 2. The first kappa shape index (κ1) is 19.7. The zero-order valence-corrected chi connectivity index (χ0v) is 15.1. The average Bonchev–Trinajstić information content (AvgIpc) is 3.01. The Kier molecular flexibility index (Phi) is 6.93. The first-order valence-electron chi connectivity index (χ1n) is 7.29. The van der Waals surface area contributed by atoms with E-state index in [0.717, 1.165) is 0 Å². The van der Waals surface area contributed by atoms with Gasteiger partial charge < -0.3 is 19.8 Å². The molecule has 0 spiro atoms. The molecule has 2 aromatic rings. The van der Waals surface area contributed by atoms with Crippen molar-refractivity contribution in [3.05, 3.63) is 45.6 Å². The van der Waals surface area contributed by atoms with E-state index in [2.05, 4.69) is 20.8 Å². The van der Waals surface area contributed by atoms with Crippen LogP contribution in [0.1, 0.15) is 22.1 Å². The number of halogens is 2.